The molecule has 138 valence electrons. The number of allylic oxidation sites excluding steroid dienone is 1. The largest absolute Gasteiger partial charge is 0.466 e. The fourth-order valence-corrected chi connectivity index (χ4v) is 4.28. The highest BCUT2D eigenvalue weighted by molar-refractivity contribution is 8.15. The van der Waals surface area contributed by atoms with Gasteiger partial charge in [0.2, 0.25) is 5.91 Å². The molecular weight excluding hydrogens is 348 g/mol. The number of hydrogen-bond donors (Lipinski definition) is 0. The Labute approximate surface area is 158 Å². The summed E-state index contributed by atoms with van der Waals surface area (Å²) in [4.78, 5) is 31.4. The maximum Gasteiger partial charge on any atom is 0.338 e. The van der Waals surface area contributed by atoms with Gasteiger partial charge in [-0.2, -0.15) is 0 Å². The van der Waals surface area contributed by atoms with Crippen molar-refractivity contribution in [3.05, 3.63) is 46.7 Å². The number of hydrogen-bond acceptors (Lipinski definition) is 5. The summed E-state index contributed by atoms with van der Waals surface area (Å²) >= 11 is 1.43. The van der Waals surface area contributed by atoms with Crippen molar-refractivity contribution in [2.24, 2.45) is 4.99 Å². The molecule has 5 nitrogen and oxygen atoms in total. The highest BCUT2D eigenvalue weighted by Gasteiger charge is 2.46. The molecule has 1 fully saturated rings. The van der Waals surface area contributed by atoms with E-state index in [1.165, 1.54) is 24.4 Å². The second-order valence-electron chi connectivity index (χ2n) is 7.63. The summed E-state index contributed by atoms with van der Waals surface area (Å²) in [6.45, 7) is 10.1. The van der Waals surface area contributed by atoms with Gasteiger partial charge in [0, 0.05) is 0 Å². The maximum atomic E-state index is 12.8. The molecule has 0 aromatic heterocycles. The third kappa shape index (κ3) is 3.07. The number of thioether (sulfide) groups is 1. The van der Waals surface area contributed by atoms with Crippen molar-refractivity contribution in [1.29, 1.82) is 0 Å². The number of ether oxygens (including phenoxy) is 1. The van der Waals surface area contributed by atoms with E-state index in [4.69, 9.17) is 4.74 Å². The smallest absolute Gasteiger partial charge is 0.338 e. The van der Waals surface area contributed by atoms with Crippen LogP contribution < -0.4 is 0 Å². The van der Waals surface area contributed by atoms with Gasteiger partial charge in [-0.3, -0.25) is 9.69 Å². The predicted molar refractivity (Wildman–Crippen MR) is 104 cm³/mol. The molecule has 1 amide bonds. The zero-order valence-corrected chi connectivity index (χ0v) is 16.8. The zero-order chi connectivity index (χ0) is 19.2. The van der Waals surface area contributed by atoms with Crippen LogP contribution in [0, 0.1) is 0 Å². The van der Waals surface area contributed by atoms with Crippen molar-refractivity contribution < 1.29 is 14.3 Å². The number of amides is 1. The first-order valence-corrected chi connectivity index (χ1v) is 9.51. The van der Waals surface area contributed by atoms with Crippen molar-refractivity contribution >= 4 is 28.8 Å². The van der Waals surface area contributed by atoms with Crippen molar-refractivity contribution in [2.45, 2.75) is 51.3 Å². The van der Waals surface area contributed by atoms with Gasteiger partial charge in [0.05, 0.1) is 29.7 Å². The topological polar surface area (TPSA) is 59.0 Å². The molecule has 1 aromatic rings. The van der Waals surface area contributed by atoms with Gasteiger partial charge in [-0.25, -0.2) is 9.79 Å². The number of methoxy groups -OCH3 is 1. The summed E-state index contributed by atoms with van der Waals surface area (Å²) in [6.07, 6.45) is 0. The number of carbonyl (C=O) groups is 2. The highest BCUT2D eigenvalue weighted by Crippen LogP contribution is 2.43. The summed E-state index contributed by atoms with van der Waals surface area (Å²) in [5.41, 5.74) is 3.13. The van der Waals surface area contributed by atoms with Gasteiger partial charge in [-0.15, -0.1) is 0 Å². The second-order valence-corrected chi connectivity index (χ2v) is 8.94. The molecule has 0 spiro atoms. The van der Waals surface area contributed by atoms with E-state index in [2.05, 4.69) is 37.9 Å². The molecule has 2 atom stereocenters. The number of carbonyl (C=O) groups excluding carboxylic acids is 2. The number of benzene rings is 1. The van der Waals surface area contributed by atoms with Gasteiger partial charge < -0.3 is 4.74 Å². The van der Waals surface area contributed by atoms with E-state index in [-0.39, 0.29) is 16.6 Å². The molecule has 26 heavy (non-hydrogen) atoms. The van der Waals surface area contributed by atoms with E-state index in [1.54, 1.807) is 11.8 Å². The Morgan fingerprint density at radius 3 is 2.38 bits per heavy atom. The fraction of sp³-hybridized carbons (Fsp3) is 0.450. The number of esters is 1. The van der Waals surface area contributed by atoms with Crippen molar-refractivity contribution in [3.8, 4) is 0 Å². The van der Waals surface area contributed by atoms with Gasteiger partial charge in [-0.1, -0.05) is 56.8 Å². The van der Waals surface area contributed by atoms with Crippen LogP contribution in [-0.2, 0) is 19.7 Å². The first-order valence-electron chi connectivity index (χ1n) is 8.63. The molecular formula is C20H24N2O3S. The van der Waals surface area contributed by atoms with E-state index in [9.17, 15) is 9.59 Å². The molecule has 0 aliphatic carbocycles. The fourth-order valence-electron chi connectivity index (χ4n) is 3.25. The Balaban J connectivity index is 2.12. The van der Waals surface area contributed by atoms with E-state index >= 15 is 0 Å². The number of aliphatic imine (C=N–C) groups is 1. The second kappa shape index (κ2) is 6.58. The Morgan fingerprint density at radius 1 is 1.23 bits per heavy atom. The first-order chi connectivity index (χ1) is 12.1. The lowest BCUT2D eigenvalue weighted by atomic mass is 9.85. The summed E-state index contributed by atoms with van der Waals surface area (Å²) in [6, 6.07) is 7.59. The lowest BCUT2D eigenvalue weighted by Crippen LogP contribution is -2.40. The quantitative estimate of drug-likeness (QED) is 0.741. The minimum absolute atomic E-state index is 0.0302. The van der Waals surface area contributed by atoms with E-state index in [0.717, 1.165) is 5.56 Å². The van der Waals surface area contributed by atoms with E-state index < -0.39 is 12.0 Å². The Hall–Kier alpha value is -2.08. The standard InChI is InChI=1S/C20H24N2O3S/c1-11-15(18(24)25-6)16(22-17(23)12(2)26-19(22)21-11)13-7-9-14(10-8-13)20(3,4)5/h7-10,12,16H,1-6H3/t12-,16-/m0/s1. The molecule has 2 aliphatic rings. The third-order valence-corrected chi connectivity index (χ3v) is 5.81. The molecule has 0 radical (unpaired) electrons. The third-order valence-electron chi connectivity index (χ3n) is 4.76. The van der Waals surface area contributed by atoms with Gasteiger partial charge >= 0.3 is 5.97 Å². The number of nitrogens with zero attached hydrogens (tertiary/aromatic N) is 2. The van der Waals surface area contributed by atoms with Crippen molar-refractivity contribution in [3.63, 3.8) is 0 Å². The number of fused-ring (bicyclic) bond motifs is 1. The van der Waals surface area contributed by atoms with Crippen LogP contribution in [0.15, 0.2) is 40.5 Å². The van der Waals surface area contributed by atoms with Crippen LogP contribution in [-0.4, -0.2) is 34.3 Å². The van der Waals surface area contributed by atoms with Crippen LogP contribution in [0.1, 0.15) is 51.8 Å². The van der Waals surface area contributed by atoms with Crippen LogP contribution in [0.25, 0.3) is 0 Å². The highest BCUT2D eigenvalue weighted by atomic mass is 32.2. The van der Waals surface area contributed by atoms with Crippen LogP contribution in [0.2, 0.25) is 0 Å². The van der Waals surface area contributed by atoms with Crippen molar-refractivity contribution in [2.75, 3.05) is 7.11 Å². The summed E-state index contributed by atoms with van der Waals surface area (Å²) in [5.74, 6) is -0.486. The molecule has 0 saturated carbocycles. The first kappa shape index (κ1) is 18.7. The molecule has 1 saturated heterocycles. The normalized spacial score (nSPS) is 23.1. The predicted octanol–water partition coefficient (Wildman–Crippen LogP) is 3.81. The maximum absolute atomic E-state index is 12.8. The molecule has 0 unspecified atom stereocenters. The molecule has 2 aliphatic heterocycles. The van der Waals surface area contributed by atoms with Crippen LogP contribution in [0.3, 0.4) is 0 Å². The van der Waals surface area contributed by atoms with E-state index in [0.29, 0.717) is 16.4 Å². The van der Waals surface area contributed by atoms with Crippen molar-refractivity contribution in [1.82, 2.24) is 4.90 Å². The molecule has 0 bridgehead atoms. The molecule has 0 N–H and O–H groups in total. The lowest BCUT2D eigenvalue weighted by Gasteiger charge is -2.33. The summed E-state index contributed by atoms with van der Waals surface area (Å²) in [7, 11) is 1.35. The Kier molecular flexibility index (Phi) is 4.73. The lowest BCUT2D eigenvalue weighted by molar-refractivity contribution is -0.137. The molecule has 1 aromatic carbocycles. The summed E-state index contributed by atoms with van der Waals surface area (Å²) in [5, 5.41) is 0.437. The average molecular weight is 372 g/mol. The van der Waals surface area contributed by atoms with Gasteiger partial charge in [0.15, 0.2) is 5.17 Å². The molecule has 3 rings (SSSR count). The SMILES string of the molecule is COC(=O)C1=C(C)N=C2S[C@@H](C)C(=O)N2[C@H]1c1ccc(C(C)(C)C)cc1. The van der Waals surface area contributed by atoms with Crippen LogP contribution in [0.4, 0.5) is 0 Å². The summed E-state index contributed by atoms with van der Waals surface area (Å²) < 4.78 is 4.99. The Morgan fingerprint density at radius 2 is 1.85 bits per heavy atom. The molecule has 6 heteroatoms. The van der Waals surface area contributed by atoms with Crippen LogP contribution in [0.5, 0.6) is 0 Å². The minimum Gasteiger partial charge on any atom is -0.466 e. The zero-order valence-electron chi connectivity index (χ0n) is 16.0. The van der Waals surface area contributed by atoms with Gasteiger partial charge in [-0.05, 0) is 30.4 Å². The Bertz CT molecular complexity index is 818. The average Bonchev–Trinajstić information content (AvgIpc) is 2.86. The van der Waals surface area contributed by atoms with E-state index in [1.807, 2.05) is 19.1 Å². The number of amidine groups is 1. The van der Waals surface area contributed by atoms with Gasteiger partial charge in [0.1, 0.15) is 0 Å². The monoisotopic (exact) mass is 372 g/mol. The van der Waals surface area contributed by atoms with Crippen LogP contribution >= 0.6 is 11.8 Å². The number of rotatable bonds is 2. The molecule has 2 heterocycles. The van der Waals surface area contributed by atoms with Gasteiger partial charge in [0.25, 0.3) is 0 Å². The minimum atomic E-state index is -0.506.